The van der Waals surface area contributed by atoms with E-state index in [0.717, 1.165) is 37.7 Å². The Morgan fingerprint density at radius 2 is 1.27 bits per heavy atom. The lowest BCUT2D eigenvalue weighted by molar-refractivity contribution is -0.118. The van der Waals surface area contributed by atoms with Crippen LogP contribution < -0.4 is 4.90 Å². The first kappa shape index (κ1) is 35.0. The number of sulfonamides is 1. The Hall–Kier alpha value is -5.33. The summed E-state index contributed by atoms with van der Waals surface area (Å²) in [6.07, 6.45) is -1.92. The summed E-state index contributed by atoms with van der Waals surface area (Å²) in [7, 11) is -1.31. The first-order chi connectivity index (χ1) is 23.4. The number of ether oxygens (including phenoxy) is 1. The number of amides is 1. The van der Waals surface area contributed by atoms with Gasteiger partial charge in [0.25, 0.3) is 0 Å². The van der Waals surface area contributed by atoms with Crippen molar-refractivity contribution in [3.63, 3.8) is 0 Å². The van der Waals surface area contributed by atoms with Gasteiger partial charge in [-0.3, -0.25) is 4.79 Å². The molecular weight excluding hydrogens is 644 g/mol. The Bertz CT molecular complexity index is 2040. The van der Waals surface area contributed by atoms with Crippen molar-refractivity contribution in [1.29, 1.82) is 0 Å². The van der Waals surface area contributed by atoms with Crippen LogP contribution in [0.25, 0.3) is 22.3 Å². The molecule has 0 saturated carbocycles. The van der Waals surface area contributed by atoms with E-state index in [4.69, 9.17) is 4.74 Å². The number of anilines is 1. The molecule has 0 aromatic heterocycles. The summed E-state index contributed by atoms with van der Waals surface area (Å²) in [5, 5.41) is 29.6. The highest BCUT2D eigenvalue weighted by Crippen LogP contribution is 2.31. The molecule has 0 unspecified atom stereocenters. The van der Waals surface area contributed by atoms with Crippen molar-refractivity contribution in [2.24, 2.45) is 0 Å². The van der Waals surface area contributed by atoms with E-state index in [2.05, 4.69) is 0 Å². The molecule has 0 spiro atoms. The topological polar surface area (TPSA) is 145 Å². The molecule has 0 aliphatic carbocycles. The van der Waals surface area contributed by atoms with E-state index in [-0.39, 0.29) is 22.7 Å². The highest BCUT2D eigenvalue weighted by molar-refractivity contribution is 7.89. The van der Waals surface area contributed by atoms with Crippen LogP contribution in [-0.4, -0.2) is 60.6 Å². The number of esters is 1. The number of carbonyl (C=O) groups is 2. The monoisotopic (exact) mass is 680 g/mol. The number of aryl methyl sites for hydroxylation is 1. The predicted molar refractivity (Wildman–Crippen MR) is 186 cm³/mol. The van der Waals surface area contributed by atoms with Crippen molar-refractivity contribution in [2.45, 2.75) is 24.7 Å². The first-order valence-electron chi connectivity index (χ1n) is 15.3. The molecule has 0 aliphatic rings. The predicted octanol–water partition coefficient (Wildman–Crippen LogP) is 5.66. The van der Waals surface area contributed by atoms with Crippen LogP contribution in [0.3, 0.4) is 0 Å². The summed E-state index contributed by atoms with van der Waals surface area (Å²) >= 11 is 0. The van der Waals surface area contributed by atoms with Crippen molar-refractivity contribution in [3.05, 3.63) is 138 Å². The van der Waals surface area contributed by atoms with E-state index in [1.807, 2.05) is 67.6 Å². The van der Waals surface area contributed by atoms with Gasteiger partial charge < -0.3 is 25.0 Å². The number of likely N-dealkylation sites (N-methyl/N-ethyl adjacent to an activating group) is 1. The van der Waals surface area contributed by atoms with Crippen LogP contribution in [0.15, 0.2) is 120 Å². The second-order valence-electron chi connectivity index (χ2n) is 11.5. The molecule has 11 heteroatoms. The van der Waals surface area contributed by atoms with Crippen LogP contribution in [0.4, 0.5) is 5.69 Å². The molecule has 10 nitrogen and oxygen atoms in total. The molecule has 1 amide bonds. The normalized spacial score (nSPS) is 11.5. The second kappa shape index (κ2) is 14.8. The highest BCUT2D eigenvalue weighted by atomic mass is 32.2. The molecule has 5 aromatic rings. The Kier molecular flexibility index (Phi) is 10.6. The largest absolute Gasteiger partial charge is 0.507 e. The molecule has 0 saturated heterocycles. The van der Waals surface area contributed by atoms with Gasteiger partial charge in [0.15, 0.2) is 6.29 Å². The van der Waals surface area contributed by atoms with Crippen LogP contribution in [0.5, 0.6) is 5.75 Å². The summed E-state index contributed by atoms with van der Waals surface area (Å²) in [6, 6.07) is 32.9. The van der Waals surface area contributed by atoms with Crippen molar-refractivity contribution < 1.29 is 38.1 Å². The molecule has 5 aromatic carbocycles. The third kappa shape index (κ3) is 8.04. The van der Waals surface area contributed by atoms with Gasteiger partial charge in [0.2, 0.25) is 15.9 Å². The van der Waals surface area contributed by atoms with Gasteiger partial charge in [0, 0.05) is 24.4 Å². The number of rotatable bonds is 11. The van der Waals surface area contributed by atoms with Crippen LogP contribution in [-0.2, 0) is 26.1 Å². The molecule has 0 radical (unpaired) electrons. The highest BCUT2D eigenvalue weighted by Gasteiger charge is 2.27. The Balaban J connectivity index is 1.36. The molecule has 5 rings (SSSR count). The van der Waals surface area contributed by atoms with Crippen LogP contribution in [0.2, 0.25) is 0 Å². The molecule has 49 heavy (non-hydrogen) atoms. The lowest BCUT2D eigenvalue weighted by atomic mass is 9.99. The van der Waals surface area contributed by atoms with Crippen molar-refractivity contribution in [3.8, 4) is 28.0 Å². The van der Waals surface area contributed by atoms with Crippen molar-refractivity contribution in [2.75, 3.05) is 25.6 Å². The van der Waals surface area contributed by atoms with E-state index in [9.17, 15) is 33.3 Å². The van der Waals surface area contributed by atoms with Crippen LogP contribution >= 0.6 is 0 Å². The summed E-state index contributed by atoms with van der Waals surface area (Å²) < 4.78 is 32.2. The summed E-state index contributed by atoms with van der Waals surface area (Å²) in [5.41, 5.74) is 6.02. The van der Waals surface area contributed by atoms with E-state index in [1.165, 1.54) is 49.4 Å². The van der Waals surface area contributed by atoms with Crippen molar-refractivity contribution >= 4 is 27.6 Å². The maximum atomic E-state index is 13.7. The lowest BCUT2D eigenvalue weighted by Crippen LogP contribution is -2.41. The maximum absolute atomic E-state index is 13.7. The Morgan fingerprint density at radius 1 is 0.755 bits per heavy atom. The number of carbonyl (C=O) groups excluding carboxylic acids is 2. The van der Waals surface area contributed by atoms with Gasteiger partial charge in [-0.2, -0.15) is 4.31 Å². The second-order valence-corrected chi connectivity index (χ2v) is 13.6. The van der Waals surface area contributed by atoms with Gasteiger partial charge in [0.05, 0.1) is 30.7 Å². The third-order valence-electron chi connectivity index (χ3n) is 8.14. The molecular formula is C38H36N2O8S. The standard InChI is InChI=1S/C38H36N2O8S/c1-25-4-19-33(20-5-25)49(46,47)39(2)24-36(42)40(32-18-21-34(37(43)44)35(41)22-32)23-26-6-8-27(9-7-26)28-10-12-29(13-11-28)30-14-16-31(17-15-30)38(45)48-3/h4-22,37,41,43-44H,23-24H2,1-3H3. The van der Waals surface area contributed by atoms with Gasteiger partial charge in [-0.1, -0.05) is 78.4 Å². The van der Waals surface area contributed by atoms with Gasteiger partial charge in [0.1, 0.15) is 5.75 Å². The number of benzene rings is 5. The fraction of sp³-hybridized carbons (Fsp3) is 0.158. The van der Waals surface area contributed by atoms with Gasteiger partial charge in [-0.05, 0) is 71.1 Å². The van der Waals surface area contributed by atoms with E-state index in [1.54, 1.807) is 24.3 Å². The Labute approximate surface area is 285 Å². The fourth-order valence-corrected chi connectivity index (χ4v) is 6.37. The lowest BCUT2D eigenvalue weighted by Gasteiger charge is -2.26. The molecule has 3 N–H and O–H groups in total. The minimum Gasteiger partial charge on any atom is -0.507 e. The van der Waals surface area contributed by atoms with Crippen molar-refractivity contribution in [1.82, 2.24) is 4.31 Å². The quantitative estimate of drug-likeness (QED) is 0.120. The number of phenolic OH excluding ortho intramolecular Hbond substituents is 1. The average molecular weight is 681 g/mol. The van der Waals surface area contributed by atoms with Crippen LogP contribution in [0, 0.1) is 6.92 Å². The molecule has 0 fully saturated rings. The van der Waals surface area contributed by atoms with Gasteiger partial charge in [-0.25, -0.2) is 13.2 Å². The number of aliphatic hydroxyl groups excluding tert-OH is 1. The first-order valence-corrected chi connectivity index (χ1v) is 16.7. The zero-order chi connectivity index (χ0) is 35.3. The molecule has 0 heterocycles. The number of aromatic hydroxyl groups is 1. The number of phenols is 1. The zero-order valence-corrected chi connectivity index (χ0v) is 28.0. The van der Waals surface area contributed by atoms with E-state index >= 15 is 0 Å². The SMILES string of the molecule is COC(=O)c1ccc(-c2ccc(-c3ccc(CN(C(=O)CN(C)S(=O)(=O)c4ccc(C)cc4)c4ccc(C(O)O)c(O)c4)cc3)cc2)cc1. The van der Waals surface area contributed by atoms with Gasteiger partial charge in [-0.15, -0.1) is 0 Å². The molecule has 0 bridgehead atoms. The minimum absolute atomic E-state index is 0.0402. The molecule has 0 aliphatic heterocycles. The smallest absolute Gasteiger partial charge is 0.337 e. The summed E-state index contributed by atoms with van der Waals surface area (Å²) in [5.74, 6) is -1.38. The minimum atomic E-state index is -3.98. The number of hydrogen-bond acceptors (Lipinski definition) is 8. The zero-order valence-electron chi connectivity index (χ0n) is 27.1. The number of nitrogens with zero attached hydrogens (tertiary/aromatic N) is 2. The fourth-order valence-electron chi connectivity index (χ4n) is 5.25. The Morgan fingerprint density at radius 3 is 1.76 bits per heavy atom. The molecule has 0 atom stereocenters. The number of aliphatic hydroxyl groups is 2. The maximum Gasteiger partial charge on any atom is 0.337 e. The van der Waals surface area contributed by atoms with Gasteiger partial charge >= 0.3 is 5.97 Å². The number of methoxy groups -OCH3 is 1. The summed E-state index contributed by atoms with van der Waals surface area (Å²) in [6.45, 7) is 1.40. The molecule has 252 valence electrons. The summed E-state index contributed by atoms with van der Waals surface area (Å²) in [4.78, 5) is 26.9. The average Bonchev–Trinajstić information content (AvgIpc) is 3.10. The third-order valence-corrected chi connectivity index (χ3v) is 9.96. The van der Waals surface area contributed by atoms with E-state index < -0.39 is 40.5 Å². The van der Waals surface area contributed by atoms with Crippen LogP contribution in [0.1, 0.15) is 33.3 Å². The number of hydrogen-bond donors (Lipinski definition) is 3. The van der Waals surface area contributed by atoms with E-state index in [0.29, 0.717) is 5.56 Å².